The van der Waals surface area contributed by atoms with E-state index in [-0.39, 0.29) is 5.43 Å². The van der Waals surface area contributed by atoms with E-state index >= 15 is 0 Å². The molecule has 0 saturated carbocycles. The van der Waals surface area contributed by atoms with Gasteiger partial charge in [0.25, 0.3) is 0 Å². The Hall–Kier alpha value is -1.09. The van der Waals surface area contributed by atoms with Gasteiger partial charge in [-0.3, -0.25) is 4.79 Å². The lowest BCUT2D eigenvalue weighted by Crippen LogP contribution is -2.11. The average molecular weight is 266 g/mol. The predicted octanol–water partition coefficient (Wildman–Crippen LogP) is 3.22. The molecule has 1 aromatic heterocycles. The smallest absolute Gasteiger partial charge is 0.192 e. The number of nitrogens with one attached hydrogen (secondary N) is 1. The fourth-order valence-corrected chi connectivity index (χ4v) is 2.16. The van der Waals surface area contributed by atoms with Crippen LogP contribution in [0, 0.1) is 20.8 Å². The molecule has 1 N–H and O–H groups in total. The summed E-state index contributed by atoms with van der Waals surface area (Å²) in [7, 11) is 0. The molecule has 1 aromatic carbocycles. The highest BCUT2D eigenvalue weighted by atomic mass is 79.9. The van der Waals surface area contributed by atoms with Crippen molar-refractivity contribution < 1.29 is 0 Å². The molecule has 0 aliphatic carbocycles. The van der Waals surface area contributed by atoms with E-state index in [9.17, 15) is 4.79 Å². The standard InChI is InChI=1S/C12H12BrNO/c1-6-4-5-9(13)11-10(6)12(15)7(2)8(3)14-11/h4-5H,1-3H3,(H,14,15). The quantitative estimate of drug-likeness (QED) is 0.780. The number of fused-ring (bicyclic) bond motifs is 1. The van der Waals surface area contributed by atoms with Crippen molar-refractivity contribution in [3.05, 3.63) is 43.6 Å². The lowest BCUT2D eigenvalue weighted by atomic mass is 10.1. The van der Waals surface area contributed by atoms with Gasteiger partial charge in [-0.05, 0) is 48.3 Å². The Kier molecular flexibility index (Phi) is 2.43. The zero-order valence-corrected chi connectivity index (χ0v) is 10.5. The summed E-state index contributed by atoms with van der Waals surface area (Å²) in [6, 6.07) is 3.92. The Labute approximate surface area is 96.5 Å². The second kappa shape index (κ2) is 3.49. The van der Waals surface area contributed by atoms with Gasteiger partial charge in [0.1, 0.15) is 0 Å². The summed E-state index contributed by atoms with van der Waals surface area (Å²) in [6.07, 6.45) is 0. The number of hydrogen-bond acceptors (Lipinski definition) is 1. The summed E-state index contributed by atoms with van der Waals surface area (Å²) in [5.41, 5.74) is 3.75. The van der Waals surface area contributed by atoms with Crippen LogP contribution in [0.5, 0.6) is 0 Å². The van der Waals surface area contributed by atoms with Crippen LogP contribution in [-0.4, -0.2) is 4.98 Å². The maximum atomic E-state index is 12.1. The van der Waals surface area contributed by atoms with Crippen LogP contribution >= 0.6 is 15.9 Å². The summed E-state index contributed by atoms with van der Waals surface area (Å²) in [4.78, 5) is 15.3. The molecule has 0 fully saturated rings. The molecule has 0 saturated heterocycles. The Bertz CT molecular complexity index is 599. The molecular weight excluding hydrogens is 254 g/mol. The van der Waals surface area contributed by atoms with Crippen molar-refractivity contribution in [3.8, 4) is 0 Å². The number of halogens is 1. The number of hydrogen-bond donors (Lipinski definition) is 1. The fourth-order valence-electron chi connectivity index (χ4n) is 1.74. The normalized spacial score (nSPS) is 10.9. The fraction of sp³-hybridized carbons (Fsp3) is 0.250. The molecule has 78 valence electrons. The molecule has 0 atom stereocenters. The summed E-state index contributed by atoms with van der Waals surface area (Å²) in [5.74, 6) is 0. The molecule has 0 unspecified atom stereocenters. The monoisotopic (exact) mass is 265 g/mol. The predicted molar refractivity (Wildman–Crippen MR) is 66.5 cm³/mol. The Morgan fingerprint density at radius 3 is 2.53 bits per heavy atom. The summed E-state index contributed by atoms with van der Waals surface area (Å²) < 4.78 is 0.934. The minimum Gasteiger partial charge on any atom is -0.357 e. The van der Waals surface area contributed by atoms with Crippen molar-refractivity contribution in [1.29, 1.82) is 0 Å². The second-order valence-electron chi connectivity index (χ2n) is 3.82. The Morgan fingerprint density at radius 2 is 1.87 bits per heavy atom. The first kappa shape index (κ1) is 10.4. The highest BCUT2D eigenvalue weighted by Gasteiger charge is 2.09. The second-order valence-corrected chi connectivity index (χ2v) is 4.67. The molecule has 0 radical (unpaired) electrons. The molecular formula is C12H12BrNO. The van der Waals surface area contributed by atoms with Crippen LogP contribution in [0.3, 0.4) is 0 Å². The molecule has 1 heterocycles. The van der Waals surface area contributed by atoms with Gasteiger partial charge in [-0.1, -0.05) is 6.07 Å². The first-order valence-electron chi connectivity index (χ1n) is 4.80. The molecule has 2 rings (SSSR count). The topological polar surface area (TPSA) is 32.9 Å². The molecule has 0 amide bonds. The van der Waals surface area contributed by atoms with Crippen molar-refractivity contribution >= 4 is 26.8 Å². The first-order valence-corrected chi connectivity index (χ1v) is 5.60. The molecule has 0 aliphatic rings. The minimum absolute atomic E-state index is 0.125. The molecule has 3 heteroatoms. The minimum atomic E-state index is 0.125. The van der Waals surface area contributed by atoms with Gasteiger partial charge in [-0.15, -0.1) is 0 Å². The number of aromatic nitrogens is 1. The maximum absolute atomic E-state index is 12.1. The number of benzene rings is 1. The number of aryl methyl sites for hydroxylation is 2. The molecule has 2 aromatic rings. The van der Waals surface area contributed by atoms with Gasteiger partial charge in [0.2, 0.25) is 0 Å². The number of H-pyrrole nitrogens is 1. The van der Waals surface area contributed by atoms with Crippen molar-refractivity contribution in [1.82, 2.24) is 4.98 Å². The maximum Gasteiger partial charge on any atom is 0.192 e. The van der Waals surface area contributed by atoms with E-state index < -0.39 is 0 Å². The molecule has 0 bridgehead atoms. The zero-order valence-electron chi connectivity index (χ0n) is 8.94. The van der Waals surface area contributed by atoms with Crippen molar-refractivity contribution in [2.45, 2.75) is 20.8 Å². The van der Waals surface area contributed by atoms with Gasteiger partial charge < -0.3 is 4.98 Å². The van der Waals surface area contributed by atoms with Crippen molar-refractivity contribution in [3.63, 3.8) is 0 Å². The number of rotatable bonds is 0. The van der Waals surface area contributed by atoms with E-state index in [1.807, 2.05) is 32.9 Å². The van der Waals surface area contributed by atoms with Crippen LogP contribution in [0.25, 0.3) is 10.9 Å². The van der Waals surface area contributed by atoms with Gasteiger partial charge in [0, 0.05) is 21.1 Å². The SMILES string of the molecule is Cc1[nH]c2c(Br)ccc(C)c2c(=O)c1C. The van der Waals surface area contributed by atoms with Gasteiger partial charge in [0.05, 0.1) is 5.52 Å². The van der Waals surface area contributed by atoms with Gasteiger partial charge in [-0.25, -0.2) is 0 Å². The van der Waals surface area contributed by atoms with E-state index in [4.69, 9.17) is 0 Å². The molecule has 15 heavy (non-hydrogen) atoms. The lowest BCUT2D eigenvalue weighted by molar-refractivity contribution is 1.17. The van der Waals surface area contributed by atoms with Crippen LogP contribution < -0.4 is 5.43 Å². The van der Waals surface area contributed by atoms with Crippen molar-refractivity contribution in [2.75, 3.05) is 0 Å². The Balaban J connectivity index is 3.12. The third-order valence-electron chi connectivity index (χ3n) is 2.81. The van der Waals surface area contributed by atoms with E-state index in [0.717, 1.165) is 32.2 Å². The Morgan fingerprint density at radius 1 is 1.20 bits per heavy atom. The van der Waals surface area contributed by atoms with Gasteiger partial charge in [0.15, 0.2) is 5.43 Å². The van der Waals surface area contributed by atoms with Gasteiger partial charge >= 0.3 is 0 Å². The van der Waals surface area contributed by atoms with Crippen LogP contribution in [0.1, 0.15) is 16.8 Å². The lowest BCUT2D eigenvalue weighted by Gasteiger charge is -2.07. The van der Waals surface area contributed by atoms with Gasteiger partial charge in [-0.2, -0.15) is 0 Å². The summed E-state index contributed by atoms with van der Waals surface area (Å²) in [5, 5.41) is 0.785. The third kappa shape index (κ3) is 1.51. The number of pyridine rings is 1. The van der Waals surface area contributed by atoms with Crippen LogP contribution in [0.2, 0.25) is 0 Å². The molecule has 2 nitrogen and oxygen atoms in total. The zero-order chi connectivity index (χ0) is 11.2. The molecule has 0 spiro atoms. The largest absolute Gasteiger partial charge is 0.357 e. The molecule has 0 aliphatic heterocycles. The van der Waals surface area contributed by atoms with E-state index in [2.05, 4.69) is 20.9 Å². The first-order chi connectivity index (χ1) is 7.02. The van der Waals surface area contributed by atoms with E-state index in [0.29, 0.717) is 0 Å². The van der Waals surface area contributed by atoms with Crippen LogP contribution in [0.15, 0.2) is 21.4 Å². The number of aromatic amines is 1. The third-order valence-corrected chi connectivity index (χ3v) is 3.47. The van der Waals surface area contributed by atoms with Crippen LogP contribution in [-0.2, 0) is 0 Å². The summed E-state index contributed by atoms with van der Waals surface area (Å²) in [6.45, 7) is 5.73. The van der Waals surface area contributed by atoms with E-state index in [1.165, 1.54) is 0 Å². The summed E-state index contributed by atoms with van der Waals surface area (Å²) >= 11 is 3.45. The van der Waals surface area contributed by atoms with Crippen molar-refractivity contribution in [2.24, 2.45) is 0 Å². The van der Waals surface area contributed by atoms with Crippen LogP contribution in [0.4, 0.5) is 0 Å². The van der Waals surface area contributed by atoms with E-state index in [1.54, 1.807) is 0 Å². The highest BCUT2D eigenvalue weighted by molar-refractivity contribution is 9.10. The average Bonchev–Trinajstić information content (AvgIpc) is 2.20. The highest BCUT2D eigenvalue weighted by Crippen LogP contribution is 2.23.